The Kier molecular flexibility index (Phi) is 13.1. The van der Waals surface area contributed by atoms with Crippen molar-refractivity contribution in [2.45, 2.75) is 71.4 Å². The van der Waals surface area contributed by atoms with Crippen molar-refractivity contribution in [3.63, 3.8) is 0 Å². The number of aliphatic hydroxyl groups excluding tert-OH is 1. The van der Waals surface area contributed by atoms with E-state index < -0.39 is 6.10 Å². The number of nitrogens with zero attached hydrogens (tertiary/aromatic N) is 2. The zero-order chi connectivity index (χ0) is 21.1. The molecule has 1 aromatic rings. The summed E-state index contributed by atoms with van der Waals surface area (Å²) in [6.45, 7) is 10.5. The van der Waals surface area contributed by atoms with E-state index in [9.17, 15) is 9.90 Å². The van der Waals surface area contributed by atoms with E-state index in [0.717, 1.165) is 44.5 Å². The summed E-state index contributed by atoms with van der Waals surface area (Å²) >= 11 is 0. The highest BCUT2D eigenvalue weighted by atomic mass is 35.5. The number of amides is 1. The Morgan fingerprint density at radius 2 is 1.80 bits per heavy atom. The van der Waals surface area contributed by atoms with Crippen LogP contribution < -0.4 is 0 Å². The van der Waals surface area contributed by atoms with Crippen molar-refractivity contribution in [3.05, 3.63) is 35.9 Å². The van der Waals surface area contributed by atoms with Gasteiger partial charge in [0.05, 0.1) is 18.8 Å². The van der Waals surface area contributed by atoms with Gasteiger partial charge in [-0.3, -0.25) is 0 Å². The molecule has 1 amide bonds. The SMILES string of the molecule is CCOC(=O)N(CCCN1CCCCC1)[C@@H](CCC(C)C)[C@H](O)c1ccccc1.Cl. The van der Waals surface area contributed by atoms with Crippen molar-refractivity contribution in [2.75, 3.05) is 32.8 Å². The highest BCUT2D eigenvalue weighted by molar-refractivity contribution is 5.85. The number of piperidine rings is 1. The zero-order valence-corrected chi connectivity index (χ0v) is 19.8. The molecule has 1 aromatic carbocycles. The van der Waals surface area contributed by atoms with Gasteiger partial charge < -0.3 is 19.6 Å². The Hall–Kier alpha value is -1.30. The minimum absolute atomic E-state index is 0. The first-order valence-electron chi connectivity index (χ1n) is 11.4. The largest absolute Gasteiger partial charge is 0.450 e. The number of aliphatic hydroxyl groups is 1. The third-order valence-electron chi connectivity index (χ3n) is 5.77. The van der Waals surface area contributed by atoms with Gasteiger partial charge in [0.2, 0.25) is 0 Å². The molecule has 172 valence electrons. The molecule has 2 atom stereocenters. The molecule has 0 aliphatic carbocycles. The Morgan fingerprint density at radius 3 is 2.40 bits per heavy atom. The van der Waals surface area contributed by atoms with E-state index in [0.29, 0.717) is 19.1 Å². The van der Waals surface area contributed by atoms with Crippen molar-refractivity contribution in [2.24, 2.45) is 5.92 Å². The lowest BCUT2D eigenvalue weighted by molar-refractivity contribution is 0.0267. The minimum Gasteiger partial charge on any atom is -0.450 e. The van der Waals surface area contributed by atoms with E-state index in [1.807, 2.05) is 37.3 Å². The van der Waals surface area contributed by atoms with Crippen LogP contribution in [0.15, 0.2) is 30.3 Å². The van der Waals surface area contributed by atoms with E-state index in [2.05, 4.69) is 18.7 Å². The van der Waals surface area contributed by atoms with Gasteiger partial charge in [-0.1, -0.05) is 50.6 Å². The van der Waals surface area contributed by atoms with Crippen molar-refractivity contribution < 1.29 is 14.6 Å². The second-order valence-electron chi connectivity index (χ2n) is 8.54. The lowest BCUT2D eigenvalue weighted by atomic mass is 9.94. The fraction of sp³-hybridized carbons (Fsp3) is 0.708. The predicted octanol–water partition coefficient (Wildman–Crippen LogP) is 5.28. The molecule has 30 heavy (non-hydrogen) atoms. The van der Waals surface area contributed by atoms with Crippen LogP contribution in [-0.2, 0) is 4.74 Å². The number of hydrogen-bond donors (Lipinski definition) is 1. The van der Waals surface area contributed by atoms with Crippen LogP contribution >= 0.6 is 12.4 Å². The van der Waals surface area contributed by atoms with E-state index in [1.165, 1.54) is 19.3 Å². The van der Waals surface area contributed by atoms with E-state index in [-0.39, 0.29) is 24.5 Å². The van der Waals surface area contributed by atoms with E-state index >= 15 is 0 Å². The molecular weight excluding hydrogens is 400 g/mol. The normalized spacial score (nSPS) is 16.6. The van der Waals surface area contributed by atoms with E-state index in [1.54, 1.807) is 4.90 Å². The highest BCUT2D eigenvalue weighted by Gasteiger charge is 2.31. The number of rotatable bonds is 11. The summed E-state index contributed by atoms with van der Waals surface area (Å²) in [5.41, 5.74) is 0.853. The number of carbonyl (C=O) groups is 1. The molecule has 1 heterocycles. The van der Waals surface area contributed by atoms with E-state index in [4.69, 9.17) is 4.74 Å². The van der Waals surface area contributed by atoms with Crippen molar-refractivity contribution >= 4 is 18.5 Å². The summed E-state index contributed by atoms with van der Waals surface area (Å²) in [5, 5.41) is 11.2. The first kappa shape index (κ1) is 26.7. The molecule has 0 aromatic heterocycles. The van der Waals surface area contributed by atoms with Gasteiger partial charge in [0.15, 0.2) is 0 Å². The minimum atomic E-state index is -0.714. The molecule has 1 aliphatic heterocycles. The Morgan fingerprint density at radius 1 is 1.13 bits per heavy atom. The molecule has 1 aliphatic rings. The van der Waals surface area contributed by atoms with Crippen LogP contribution in [0.2, 0.25) is 0 Å². The number of carbonyl (C=O) groups excluding carboxylic acids is 1. The van der Waals surface area contributed by atoms with Crippen molar-refractivity contribution in [1.82, 2.24) is 9.80 Å². The molecule has 2 rings (SSSR count). The number of likely N-dealkylation sites (tertiary alicyclic amines) is 1. The topological polar surface area (TPSA) is 53.0 Å². The first-order chi connectivity index (χ1) is 14.0. The Bertz CT molecular complexity index is 579. The second kappa shape index (κ2) is 14.7. The number of halogens is 1. The van der Waals surface area contributed by atoms with Gasteiger partial charge in [-0.2, -0.15) is 0 Å². The van der Waals surface area contributed by atoms with Crippen LogP contribution in [0.5, 0.6) is 0 Å². The number of benzene rings is 1. The third kappa shape index (κ3) is 8.83. The molecule has 1 fully saturated rings. The molecule has 5 nitrogen and oxygen atoms in total. The molecule has 0 unspecified atom stereocenters. The summed E-state index contributed by atoms with van der Waals surface area (Å²) in [4.78, 5) is 17.1. The maximum atomic E-state index is 12.8. The van der Waals surface area contributed by atoms with Crippen LogP contribution in [-0.4, -0.2) is 59.8 Å². The van der Waals surface area contributed by atoms with Crippen LogP contribution in [0, 0.1) is 5.92 Å². The quantitative estimate of drug-likeness (QED) is 0.508. The summed E-state index contributed by atoms with van der Waals surface area (Å²) in [6, 6.07) is 9.40. The molecule has 0 spiro atoms. The van der Waals surface area contributed by atoms with Gasteiger partial charge in [0.25, 0.3) is 0 Å². The first-order valence-corrected chi connectivity index (χ1v) is 11.4. The van der Waals surface area contributed by atoms with Crippen molar-refractivity contribution in [3.8, 4) is 0 Å². The smallest absolute Gasteiger partial charge is 0.410 e. The molecule has 0 saturated carbocycles. The van der Waals surface area contributed by atoms with Gasteiger partial charge in [-0.05, 0) is 70.1 Å². The fourth-order valence-electron chi connectivity index (χ4n) is 4.11. The standard InChI is InChI=1S/C24H40N2O3.ClH/c1-4-29-24(28)26(19-11-18-25-16-9-6-10-17-25)22(15-14-20(2)3)23(27)21-12-7-5-8-13-21;/h5,7-8,12-13,20,22-23,27H,4,6,9-11,14-19H2,1-3H3;1H/t22-,23+;/m0./s1. The summed E-state index contributed by atoms with van der Waals surface area (Å²) in [6.07, 6.45) is 5.46. The summed E-state index contributed by atoms with van der Waals surface area (Å²) in [5.74, 6) is 0.512. The predicted molar refractivity (Wildman–Crippen MR) is 125 cm³/mol. The fourth-order valence-corrected chi connectivity index (χ4v) is 4.11. The van der Waals surface area contributed by atoms with Gasteiger partial charge in [0, 0.05) is 6.54 Å². The van der Waals surface area contributed by atoms with Crippen LogP contribution in [0.1, 0.15) is 71.0 Å². The van der Waals surface area contributed by atoms with Gasteiger partial charge in [-0.25, -0.2) is 4.79 Å². The maximum Gasteiger partial charge on any atom is 0.410 e. The summed E-state index contributed by atoms with van der Waals surface area (Å²) in [7, 11) is 0. The number of ether oxygens (including phenoxy) is 1. The van der Waals surface area contributed by atoms with Crippen LogP contribution in [0.3, 0.4) is 0 Å². The van der Waals surface area contributed by atoms with Crippen LogP contribution in [0.4, 0.5) is 4.79 Å². The van der Waals surface area contributed by atoms with Gasteiger partial charge >= 0.3 is 6.09 Å². The van der Waals surface area contributed by atoms with Gasteiger partial charge in [0.1, 0.15) is 0 Å². The van der Waals surface area contributed by atoms with Crippen molar-refractivity contribution in [1.29, 1.82) is 0 Å². The lowest BCUT2D eigenvalue weighted by Gasteiger charge is -2.35. The molecule has 6 heteroatoms. The molecular formula is C24H41ClN2O3. The Labute approximate surface area is 189 Å². The molecule has 1 saturated heterocycles. The molecule has 0 radical (unpaired) electrons. The molecule has 1 N–H and O–H groups in total. The Balaban J connectivity index is 0.00000450. The molecule has 0 bridgehead atoms. The maximum absolute atomic E-state index is 12.8. The highest BCUT2D eigenvalue weighted by Crippen LogP contribution is 2.27. The van der Waals surface area contributed by atoms with Gasteiger partial charge in [-0.15, -0.1) is 12.4 Å². The lowest BCUT2D eigenvalue weighted by Crippen LogP contribution is -2.45. The monoisotopic (exact) mass is 440 g/mol. The second-order valence-corrected chi connectivity index (χ2v) is 8.54. The number of hydrogen-bond acceptors (Lipinski definition) is 4. The third-order valence-corrected chi connectivity index (χ3v) is 5.77. The summed E-state index contributed by atoms with van der Waals surface area (Å²) < 4.78 is 5.38. The zero-order valence-electron chi connectivity index (χ0n) is 19.0. The van der Waals surface area contributed by atoms with Crippen LogP contribution in [0.25, 0.3) is 0 Å². The average molecular weight is 441 g/mol. The average Bonchev–Trinajstić information content (AvgIpc) is 2.73.